The Morgan fingerprint density at radius 3 is 2.50 bits per heavy atom. The summed E-state index contributed by atoms with van der Waals surface area (Å²) in [4.78, 5) is 27.4. The van der Waals surface area contributed by atoms with E-state index in [4.69, 9.17) is 11.6 Å². The van der Waals surface area contributed by atoms with Crippen molar-refractivity contribution in [2.75, 3.05) is 6.67 Å². The van der Waals surface area contributed by atoms with Crippen LogP contribution in [0.15, 0.2) is 42.5 Å². The molecule has 5 nitrogen and oxygen atoms in total. The normalized spacial score (nSPS) is 20.9. The highest BCUT2D eigenvalue weighted by atomic mass is 35.5. The van der Waals surface area contributed by atoms with E-state index >= 15 is 0 Å². The zero-order chi connectivity index (χ0) is 23.6. The summed E-state index contributed by atoms with van der Waals surface area (Å²) >= 11 is 6.04. The van der Waals surface area contributed by atoms with E-state index < -0.39 is 5.82 Å². The van der Waals surface area contributed by atoms with Gasteiger partial charge in [-0.15, -0.1) is 0 Å². The van der Waals surface area contributed by atoms with Crippen molar-refractivity contribution in [1.82, 2.24) is 15.5 Å². The smallest absolute Gasteiger partial charge is 0.251 e. The first-order valence-electron chi connectivity index (χ1n) is 10.9. The summed E-state index contributed by atoms with van der Waals surface area (Å²) in [6.45, 7) is 10.3. The Morgan fingerprint density at radius 2 is 1.88 bits per heavy atom. The number of rotatable bonds is 6. The van der Waals surface area contributed by atoms with E-state index in [1.807, 2.05) is 32.9 Å². The van der Waals surface area contributed by atoms with Crippen molar-refractivity contribution in [2.45, 2.75) is 58.7 Å². The second-order valence-electron chi connectivity index (χ2n) is 9.15. The Morgan fingerprint density at radius 1 is 1.16 bits per heavy atom. The van der Waals surface area contributed by atoms with Crippen molar-refractivity contribution in [1.29, 1.82) is 0 Å². The third-order valence-electron chi connectivity index (χ3n) is 6.59. The minimum atomic E-state index is -0.514. The summed E-state index contributed by atoms with van der Waals surface area (Å²) < 4.78 is 14.4. The Balaban J connectivity index is 1.76. The maximum Gasteiger partial charge on any atom is 0.251 e. The molecule has 1 fully saturated rings. The lowest BCUT2D eigenvalue weighted by molar-refractivity contribution is -0.140. The molecule has 0 bridgehead atoms. The molecule has 2 amide bonds. The van der Waals surface area contributed by atoms with Crippen molar-refractivity contribution in [3.8, 4) is 0 Å². The number of hydrogen-bond donors (Lipinski definition) is 2. The number of amides is 2. The second kappa shape index (κ2) is 9.59. The van der Waals surface area contributed by atoms with Gasteiger partial charge in [0.15, 0.2) is 0 Å². The average Bonchev–Trinajstić information content (AvgIpc) is 2.72. The van der Waals surface area contributed by atoms with E-state index in [0.29, 0.717) is 29.6 Å². The predicted octanol–water partition coefficient (Wildman–Crippen LogP) is 5.23. The topological polar surface area (TPSA) is 61.4 Å². The number of nitrogens with zero attached hydrogens (tertiary/aromatic N) is 1. The highest BCUT2D eigenvalue weighted by molar-refractivity contribution is 6.30. The maximum atomic E-state index is 14.4. The van der Waals surface area contributed by atoms with Crippen molar-refractivity contribution in [3.63, 3.8) is 0 Å². The molecular formula is C25H31ClFN3O2. The SMILES string of the molecule is CC(NC(=O)c1cc(F)cc(C(C)N2CNC(C)(C(C)C)CC2=O)c1)c1cccc(Cl)c1. The molecule has 7 heteroatoms. The first-order chi connectivity index (χ1) is 15.0. The molecule has 1 heterocycles. The zero-order valence-electron chi connectivity index (χ0n) is 19.2. The van der Waals surface area contributed by atoms with Crippen LogP contribution >= 0.6 is 11.6 Å². The third-order valence-corrected chi connectivity index (χ3v) is 6.83. The maximum absolute atomic E-state index is 14.4. The van der Waals surface area contributed by atoms with Gasteiger partial charge in [-0.2, -0.15) is 0 Å². The van der Waals surface area contributed by atoms with Crippen LogP contribution in [0.5, 0.6) is 0 Å². The van der Waals surface area contributed by atoms with Crippen LogP contribution in [0, 0.1) is 11.7 Å². The summed E-state index contributed by atoms with van der Waals surface area (Å²) in [6, 6.07) is 10.8. The third kappa shape index (κ3) is 5.30. The fourth-order valence-corrected chi connectivity index (χ4v) is 4.10. The molecule has 0 aliphatic carbocycles. The van der Waals surface area contributed by atoms with E-state index in [1.54, 1.807) is 23.1 Å². The highest BCUT2D eigenvalue weighted by Crippen LogP contribution is 2.30. The Labute approximate surface area is 194 Å². The van der Waals surface area contributed by atoms with Gasteiger partial charge in [-0.1, -0.05) is 37.6 Å². The van der Waals surface area contributed by atoms with Gasteiger partial charge in [0.1, 0.15) is 5.82 Å². The van der Waals surface area contributed by atoms with Gasteiger partial charge in [-0.25, -0.2) is 4.39 Å². The van der Waals surface area contributed by atoms with E-state index in [9.17, 15) is 14.0 Å². The molecule has 3 unspecified atom stereocenters. The zero-order valence-corrected chi connectivity index (χ0v) is 20.0. The monoisotopic (exact) mass is 459 g/mol. The summed E-state index contributed by atoms with van der Waals surface area (Å²) in [5, 5.41) is 6.92. The lowest BCUT2D eigenvalue weighted by Crippen LogP contribution is -2.60. The van der Waals surface area contributed by atoms with E-state index in [-0.39, 0.29) is 35.0 Å². The molecule has 0 spiro atoms. The minimum absolute atomic E-state index is 0.0114. The molecule has 0 radical (unpaired) electrons. The van der Waals surface area contributed by atoms with Crippen molar-refractivity contribution < 1.29 is 14.0 Å². The molecule has 1 aliphatic heterocycles. The summed E-state index contributed by atoms with van der Waals surface area (Å²) in [6.07, 6.45) is 0.370. The molecule has 32 heavy (non-hydrogen) atoms. The van der Waals surface area contributed by atoms with Crippen LogP contribution in [0.4, 0.5) is 4.39 Å². The van der Waals surface area contributed by atoms with Crippen LogP contribution in [0.25, 0.3) is 0 Å². The van der Waals surface area contributed by atoms with Gasteiger partial charge in [-0.05, 0) is 68.1 Å². The first-order valence-corrected chi connectivity index (χ1v) is 11.3. The minimum Gasteiger partial charge on any atom is -0.346 e. The van der Waals surface area contributed by atoms with Gasteiger partial charge in [0.25, 0.3) is 5.91 Å². The van der Waals surface area contributed by atoms with Crippen LogP contribution in [-0.2, 0) is 4.79 Å². The largest absolute Gasteiger partial charge is 0.346 e. The van der Waals surface area contributed by atoms with Crippen LogP contribution in [-0.4, -0.2) is 28.9 Å². The Hall–Kier alpha value is -2.44. The van der Waals surface area contributed by atoms with Crippen LogP contribution in [0.3, 0.4) is 0 Å². The summed E-state index contributed by atoms with van der Waals surface area (Å²) in [7, 11) is 0. The van der Waals surface area contributed by atoms with Crippen LogP contribution < -0.4 is 10.6 Å². The van der Waals surface area contributed by atoms with E-state index in [2.05, 4.69) is 24.5 Å². The predicted molar refractivity (Wildman–Crippen MR) is 125 cm³/mol. The molecule has 0 saturated carbocycles. The summed E-state index contributed by atoms with van der Waals surface area (Å²) in [5.74, 6) is -0.590. The van der Waals surface area contributed by atoms with Crippen molar-refractivity contribution in [3.05, 3.63) is 70.0 Å². The van der Waals surface area contributed by atoms with E-state index in [1.165, 1.54) is 12.1 Å². The molecule has 0 aromatic heterocycles. The molecule has 2 aromatic carbocycles. The quantitative estimate of drug-likeness (QED) is 0.622. The molecule has 172 valence electrons. The molecule has 1 saturated heterocycles. The van der Waals surface area contributed by atoms with Crippen LogP contribution in [0.1, 0.15) is 74.6 Å². The van der Waals surface area contributed by atoms with Gasteiger partial charge < -0.3 is 10.2 Å². The molecule has 3 atom stereocenters. The Kier molecular flexibility index (Phi) is 7.25. The number of carbonyl (C=O) groups is 2. The fraction of sp³-hybridized carbons (Fsp3) is 0.440. The number of halogens is 2. The summed E-state index contributed by atoms with van der Waals surface area (Å²) in [5.41, 5.74) is 1.38. The number of hydrogen-bond acceptors (Lipinski definition) is 3. The molecule has 1 aliphatic rings. The van der Waals surface area contributed by atoms with E-state index in [0.717, 1.165) is 5.56 Å². The number of benzene rings is 2. The van der Waals surface area contributed by atoms with Gasteiger partial charge in [0.05, 0.1) is 18.8 Å². The number of carbonyl (C=O) groups excluding carboxylic acids is 2. The highest BCUT2D eigenvalue weighted by Gasteiger charge is 2.38. The van der Waals surface area contributed by atoms with Gasteiger partial charge in [-0.3, -0.25) is 14.9 Å². The van der Waals surface area contributed by atoms with Crippen molar-refractivity contribution >= 4 is 23.4 Å². The standard InChI is InChI=1S/C25H31ClFN3O2/c1-15(2)25(5)13-23(31)30(14-28-25)17(4)19-9-20(12-22(27)11-19)24(32)29-16(3)18-7-6-8-21(26)10-18/h6-12,15-17,28H,13-14H2,1-5H3,(H,29,32). The Bertz CT molecular complexity index is 1010. The van der Waals surface area contributed by atoms with Crippen molar-refractivity contribution in [2.24, 2.45) is 5.92 Å². The molecular weight excluding hydrogens is 429 g/mol. The first kappa shape index (κ1) is 24.2. The fourth-order valence-electron chi connectivity index (χ4n) is 3.90. The lowest BCUT2D eigenvalue weighted by atomic mass is 9.83. The van der Waals surface area contributed by atoms with Crippen LogP contribution in [0.2, 0.25) is 5.02 Å². The van der Waals surface area contributed by atoms with Gasteiger partial charge >= 0.3 is 0 Å². The molecule has 3 rings (SSSR count). The molecule has 2 aromatic rings. The number of nitrogens with one attached hydrogen (secondary N) is 2. The molecule has 2 N–H and O–H groups in total. The van der Waals surface area contributed by atoms with Gasteiger partial charge in [0, 0.05) is 22.5 Å². The second-order valence-corrected chi connectivity index (χ2v) is 9.58. The average molecular weight is 460 g/mol. The lowest BCUT2D eigenvalue weighted by Gasteiger charge is -2.44. The van der Waals surface area contributed by atoms with Gasteiger partial charge in [0.2, 0.25) is 5.91 Å².